The lowest BCUT2D eigenvalue weighted by Crippen LogP contribution is -2.36. The van der Waals surface area contributed by atoms with Gasteiger partial charge in [-0.3, -0.25) is 9.59 Å². The van der Waals surface area contributed by atoms with Crippen LogP contribution in [0.3, 0.4) is 0 Å². The molecule has 1 aliphatic heterocycles. The summed E-state index contributed by atoms with van der Waals surface area (Å²) in [4.78, 5) is 25.3. The van der Waals surface area contributed by atoms with Crippen LogP contribution in [0.1, 0.15) is 29.2 Å². The van der Waals surface area contributed by atoms with Gasteiger partial charge in [0.05, 0.1) is 12.1 Å². The van der Waals surface area contributed by atoms with Crippen molar-refractivity contribution in [2.24, 2.45) is 0 Å². The van der Waals surface area contributed by atoms with Crippen molar-refractivity contribution in [3.05, 3.63) is 64.2 Å². The van der Waals surface area contributed by atoms with Crippen molar-refractivity contribution < 1.29 is 9.59 Å². The second kappa shape index (κ2) is 7.37. The molecule has 0 fully saturated rings. The Morgan fingerprint density at radius 3 is 2.59 bits per heavy atom. The lowest BCUT2D eigenvalue weighted by molar-refractivity contribution is -0.125. The Morgan fingerprint density at radius 2 is 1.90 bits per heavy atom. The fourth-order valence-electron chi connectivity index (χ4n) is 3.59. The maximum Gasteiger partial charge on any atom is 0.249 e. The highest BCUT2D eigenvalue weighted by Gasteiger charge is 2.34. The number of nitrogens with one attached hydrogen (secondary N) is 2. The zero-order valence-corrected chi connectivity index (χ0v) is 17.2. The van der Waals surface area contributed by atoms with Crippen molar-refractivity contribution in [3.8, 4) is 11.3 Å². The summed E-state index contributed by atoms with van der Waals surface area (Å²) in [6.45, 7) is 5.83. The van der Waals surface area contributed by atoms with Gasteiger partial charge < -0.3 is 10.6 Å². The number of benzene rings is 2. The molecule has 7 heteroatoms. The summed E-state index contributed by atoms with van der Waals surface area (Å²) in [6.07, 6.45) is 0.0327. The first-order valence-corrected chi connectivity index (χ1v) is 9.74. The molecule has 2 heterocycles. The van der Waals surface area contributed by atoms with Gasteiger partial charge in [-0.15, -0.1) is 0 Å². The van der Waals surface area contributed by atoms with Crippen molar-refractivity contribution in [3.63, 3.8) is 0 Å². The number of aryl methyl sites for hydroxylation is 2. The van der Waals surface area contributed by atoms with Crippen LogP contribution in [0.5, 0.6) is 0 Å². The highest BCUT2D eigenvalue weighted by molar-refractivity contribution is 6.30. The molecule has 6 nitrogen and oxygen atoms in total. The predicted molar refractivity (Wildman–Crippen MR) is 114 cm³/mol. The maximum atomic E-state index is 13.0. The first kappa shape index (κ1) is 19.2. The van der Waals surface area contributed by atoms with Gasteiger partial charge >= 0.3 is 0 Å². The number of carbonyl (C=O) groups excluding carboxylic acids is 2. The van der Waals surface area contributed by atoms with Gasteiger partial charge in [-0.1, -0.05) is 41.4 Å². The van der Waals surface area contributed by atoms with Gasteiger partial charge in [0, 0.05) is 21.8 Å². The topological polar surface area (TPSA) is 76.0 Å². The van der Waals surface area contributed by atoms with Crippen molar-refractivity contribution in [1.29, 1.82) is 0 Å². The number of hydrogen-bond acceptors (Lipinski definition) is 3. The Balaban J connectivity index is 1.70. The van der Waals surface area contributed by atoms with E-state index in [0.717, 1.165) is 27.9 Å². The SMILES string of the molecule is Cc1ccc(NC(=O)[C@H]2CC(=O)Nc3c(C)c(-c4ccc(Cl)cc4)nn32)c(C)c1. The van der Waals surface area contributed by atoms with Crippen LogP contribution in [0, 0.1) is 20.8 Å². The first-order valence-electron chi connectivity index (χ1n) is 9.36. The van der Waals surface area contributed by atoms with E-state index < -0.39 is 6.04 Å². The van der Waals surface area contributed by atoms with E-state index in [1.54, 1.807) is 16.8 Å². The molecule has 1 aromatic heterocycles. The highest BCUT2D eigenvalue weighted by atomic mass is 35.5. The standard InChI is InChI=1S/C22H21ClN4O2/c1-12-4-9-17(13(2)10-12)24-22(29)18-11-19(28)25-21-14(3)20(26-27(18)21)15-5-7-16(23)8-6-15/h4-10,18H,11H2,1-3H3,(H,24,29)(H,25,28)/t18-/m1/s1. The summed E-state index contributed by atoms with van der Waals surface area (Å²) < 4.78 is 1.61. The normalized spacial score (nSPS) is 15.6. The molecule has 1 atom stereocenters. The third kappa shape index (κ3) is 3.63. The van der Waals surface area contributed by atoms with Gasteiger partial charge in [0.1, 0.15) is 11.9 Å². The molecule has 2 N–H and O–H groups in total. The van der Waals surface area contributed by atoms with E-state index >= 15 is 0 Å². The zero-order chi connectivity index (χ0) is 20.7. The van der Waals surface area contributed by atoms with Crippen molar-refractivity contribution in [1.82, 2.24) is 9.78 Å². The summed E-state index contributed by atoms with van der Waals surface area (Å²) in [7, 11) is 0. The van der Waals surface area contributed by atoms with Gasteiger partial charge in [0.2, 0.25) is 11.8 Å². The van der Waals surface area contributed by atoms with Gasteiger partial charge in [-0.2, -0.15) is 5.10 Å². The van der Waals surface area contributed by atoms with E-state index in [9.17, 15) is 9.59 Å². The quantitative estimate of drug-likeness (QED) is 0.662. The summed E-state index contributed by atoms with van der Waals surface area (Å²) in [5.74, 6) is 0.0779. The van der Waals surface area contributed by atoms with Gasteiger partial charge in [0.25, 0.3) is 0 Å². The van der Waals surface area contributed by atoms with Gasteiger partial charge in [-0.05, 0) is 44.5 Å². The van der Waals surface area contributed by atoms with Crippen LogP contribution < -0.4 is 10.6 Å². The summed E-state index contributed by atoms with van der Waals surface area (Å²) >= 11 is 5.99. The molecule has 4 rings (SSSR count). The highest BCUT2D eigenvalue weighted by Crippen LogP contribution is 2.35. The number of rotatable bonds is 3. The Kier molecular flexibility index (Phi) is 4.88. The van der Waals surface area contributed by atoms with E-state index in [-0.39, 0.29) is 18.2 Å². The van der Waals surface area contributed by atoms with E-state index in [1.165, 1.54) is 0 Å². The molecule has 0 unspecified atom stereocenters. The molecule has 0 spiro atoms. The average molecular weight is 409 g/mol. The second-order valence-electron chi connectivity index (χ2n) is 7.35. The van der Waals surface area contributed by atoms with Crippen molar-refractivity contribution in [2.45, 2.75) is 33.2 Å². The van der Waals surface area contributed by atoms with Gasteiger partial charge in [0.15, 0.2) is 0 Å². The molecule has 148 valence electrons. The number of halogens is 1. The van der Waals surface area contributed by atoms with E-state index in [4.69, 9.17) is 11.6 Å². The number of fused-ring (bicyclic) bond motifs is 1. The fourth-order valence-corrected chi connectivity index (χ4v) is 3.72. The number of amides is 2. The van der Waals surface area contributed by atoms with Crippen LogP contribution in [0.2, 0.25) is 5.02 Å². The maximum absolute atomic E-state index is 13.0. The number of nitrogens with zero attached hydrogens (tertiary/aromatic N) is 2. The van der Waals surface area contributed by atoms with Crippen LogP contribution in [-0.4, -0.2) is 21.6 Å². The molecule has 0 bridgehead atoms. The Bertz CT molecular complexity index is 1120. The lowest BCUT2D eigenvalue weighted by Gasteiger charge is -2.24. The number of anilines is 2. The van der Waals surface area contributed by atoms with Crippen LogP contribution in [-0.2, 0) is 9.59 Å². The third-order valence-corrected chi connectivity index (χ3v) is 5.39. The molecule has 0 saturated carbocycles. The minimum Gasteiger partial charge on any atom is -0.324 e. The third-order valence-electron chi connectivity index (χ3n) is 5.14. The average Bonchev–Trinajstić information content (AvgIpc) is 3.00. The summed E-state index contributed by atoms with van der Waals surface area (Å²) in [5, 5.41) is 11.1. The van der Waals surface area contributed by atoms with Crippen LogP contribution in [0.25, 0.3) is 11.3 Å². The Hall–Kier alpha value is -3.12. The predicted octanol–water partition coefficient (Wildman–Crippen LogP) is 4.65. The smallest absolute Gasteiger partial charge is 0.249 e. The Labute approximate surface area is 173 Å². The second-order valence-corrected chi connectivity index (χ2v) is 7.79. The molecule has 3 aromatic rings. The molecule has 1 aliphatic rings. The number of hydrogen-bond donors (Lipinski definition) is 2. The monoisotopic (exact) mass is 408 g/mol. The molecular formula is C22H21ClN4O2. The summed E-state index contributed by atoms with van der Waals surface area (Å²) in [5.41, 5.74) is 5.21. The van der Waals surface area contributed by atoms with E-state index in [1.807, 2.05) is 51.1 Å². The first-order chi connectivity index (χ1) is 13.8. The molecule has 0 saturated heterocycles. The minimum atomic E-state index is -0.723. The van der Waals surface area contributed by atoms with Crippen molar-refractivity contribution in [2.75, 3.05) is 10.6 Å². The summed E-state index contributed by atoms with van der Waals surface area (Å²) in [6, 6.07) is 12.4. The minimum absolute atomic E-state index is 0.0327. The number of carbonyl (C=O) groups is 2. The lowest BCUT2D eigenvalue weighted by atomic mass is 10.1. The Morgan fingerprint density at radius 1 is 1.17 bits per heavy atom. The fraction of sp³-hybridized carbons (Fsp3) is 0.227. The van der Waals surface area contributed by atoms with Crippen LogP contribution in [0.4, 0.5) is 11.5 Å². The zero-order valence-electron chi connectivity index (χ0n) is 16.4. The van der Waals surface area contributed by atoms with E-state index in [0.29, 0.717) is 16.5 Å². The largest absolute Gasteiger partial charge is 0.324 e. The molecular weight excluding hydrogens is 388 g/mol. The van der Waals surface area contributed by atoms with Crippen LogP contribution in [0.15, 0.2) is 42.5 Å². The molecule has 2 amide bonds. The van der Waals surface area contributed by atoms with Crippen molar-refractivity contribution >= 4 is 34.9 Å². The molecule has 29 heavy (non-hydrogen) atoms. The molecule has 0 aliphatic carbocycles. The number of aromatic nitrogens is 2. The van der Waals surface area contributed by atoms with Crippen LogP contribution >= 0.6 is 11.6 Å². The van der Waals surface area contributed by atoms with E-state index in [2.05, 4.69) is 15.7 Å². The van der Waals surface area contributed by atoms with Gasteiger partial charge in [-0.25, -0.2) is 4.68 Å². The molecule has 2 aromatic carbocycles. The molecule has 0 radical (unpaired) electrons.